The predicted molar refractivity (Wildman–Crippen MR) is 85.3 cm³/mol. The van der Waals surface area contributed by atoms with E-state index in [9.17, 15) is 0 Å². The van der Waals surface area contributed by atoms with Gasteiger partial charge in [-0.3, -0.25) is 0 Å². The summed E-state index contributed by atoms with van der Waals surface area (Å²) in [5.74, 6) is 1.60. The zero-order chi connectivity index (χ0) is 13.8. The average molecular weight is 286 g/mol. The Balaban J connectivity index is 1.90. The first kappa shape index (κ1) is 13.7. The monoisotopic (exact) mass is 286 g/mol. The largest absolute Gasteiger partial charge is 0.482 e. The fraction of sp³-hybridized carbons (Fsp3) is 0.444. The van der Waals surface area contributed by atoms with Gasteiger partial charge >= 0.3 is 0 Å². The normalized spacial score (nSPS) is 19.4. The van der Waals surface area contributed by atoms with Crippen LogP contribution >= 0.6 is 11.3 Å². The quantitative estimate of drug-likeness (QED) is 0.708. The van der Waals surface area contributed by atoms with Gasteiger partial charge in [0.2, 0.25) is 0 Å². The minimum atomic E-state index is -0.185. The number of hydrogen-bond acceptors (Lipinski definition) is 2. The highest BCUT2D eigenvalue weighted by molar-refractivity contribution is 7.10. The standard InChI is InChI=1S/C18H22OS/c1-18(17-13-8-14-20-17,15-9-4-2-5-10-15)19-16-11-6-3-7-12-16/h3,6-8,11-15H,2,4-5,9-10H2,1H3. The number of para-hydroxylation sites is 1. The maximum Gasteiger partial charge on any atom is 0.143 e. The molecule has 0 saturated heterocycles. The minimum absolute atomic E-state index is 0.185. The Morgan fingerprint density at radius 1 is 1.00 bits per heavy atom. The van der Waals surface area contributed by atoms with E-state index in [4.69, 9.17) is 4.74 Å². The molecule has 1 saturated carbocycles. The van der Waals surface area contributed by atoms with Gasteiger partial charge in [0.05, 0.1) is 0 Å². The minimum Gasteiger partial charge on any atom is -0.482 e. The van der Waals surface area contributed by atoms with Crippen LogP contribution in [-0.2, 0) is 5.60 Å². The Morgan fingerprint density at radius 3 is 2.40 bits per heavy atom. The highest BCUT2D eigenvalue weighted by Crippen LogP contribution is 2.43. The average Bonchev–Trinajstić information content (AvgIpc) is 3.04. The topological polar surface area (TPSA) is 9.23 Å². The number of ether oxygens (including phenoxy) is 1. The highest BCUT2D eigenvalue weighted by Gasteiger charge is 2.39. The van der Waals surface area contributed by atoms with Crippen molar-refractivity contribution in [1.29, 1.82) is 0 Å². The Bertz CT molecular complexity index is 514. The van der Waals surface area contributed by atoms with Gasteiger partial charge in [-0.15, -0.1) is 11.3 Å². The summed E-state index contributed by atoms with van der Waals surface area (Å²) in [6, 6.07) is 14.6. The summed E-state index contributed by atoms with van der Waals surface area (Å²) in [7, 11) is 0. The highest BCUT2D eigenvalue weighted by atomic mass is 32.1. The van der Waals surface area contributed by atoms with E-state index in [2.05, 4.69) is 36.6 Å². The van der Waals surface area contributed by atoms with Gasteiger partial charge < -0.3 is 4.74 Å². The first-order valence-corrected chi connectivity index (χ1v) is 8.45. The van der Waals surface area contributed by atoms with Crippen molar-refractivity contribution in [2.45, 2.75) is 44.6 Å². The van der Waals surface area contributed by atoms with E-state index in [1.54, 1.807) is 0 Å². The molecule has 0 N–H and O–H groups in total. The number of thiophene rings is 1. The molecule has 1 heterocycles. The van der Waals surface area contributed by atoms with Crippen LogP contribution in [0.3, 0.4) is 0 Å². The summed E-state index contributed by atoms with van der Waals surface area (Å²) >= 11 is 1.82. The molecular weight excluding hydrogens is 264 g/mol. The second-order valence-corrected chi connectivity index (χ2v) is 6.78. The van der Waals surface area contributed by atoms with Crippen LogP contribution in [0.1, 0.15) is 43.9 Å². The first-order valence-electron chi connectivity index (χ1n) is 7.57. The van der Waals surface area contributed by atoms with E-state index < -0.39 is 0 Å². The summed E-state index contributed by atoms with van der Waals surface area (Å²) in [6.45, 7) is 2.28. The molecule has 0 spiro atoms. The van der Waals surface area contributed by atoms with Gasteiger partial charge in [-0.25, -0.2) is 0 Å². The lowest BCUT2D eigenvalue weighted by atomic mass is 9.77. The van der Waals surface area contributed by atoms with Gasteiger partial charge in [-0.05, 0) is 43.3 Å². The van der Waals surface area contributed by atoms with Crippen molar-refractivity contribution < 1.29 is 4.74 Å². The molecule has 1 aliphatic rings. The molecule has 1 atom stereocenters. The van der Waals surface area contributed by atoms with E-state index >= 15 is 0 Å². The molecule has 3 rings (SSSR count). The molecule has 0 amide bonds. The lowest BCUT2D eigenvalue weighted by molar-refractivity contribution is 0.00697. The van der Waals surface area contributed by atoms with Crippen molar-refractivity contribution in [3.63, 3.8) is 0 Å². The summed E-state index contributed by atoms with van der Waals surface area (Å²) in [5.41, 5.74) is -0.185. The Morgan fingerprint density at radius 2 is 1.75 bits per heavy atom. The van der Waals surface area contributed by atoms with Gasteiger partial charge in [0, 0.05) is 10.8 Å². The van der Waals surface area contributed by atoms with Crippen molar-refractivity contribution in [1.82, 2.24) is 0 Å². The van der Waals surface area contributed by atoms with E-state index in [-0.39, 0.29) is 5.60 Å². The zero-order valence-electron chi connectivity index (χ0n) is 12.0. The third kappa shape index (κ3) is 2.76. The number of hydrogen-bond donors (Lipinski definition) is 0. The van der Waals surface area contributed by atoms with Crippen LogP contribution in [0.15, 0.2) is 47.8 Å². The predicted octanol–water partition coefficient (Wildman–Crippen LogP) is 5.62. The Hall–Kier alpha value is -1.28. The molecule has 1 aromatic heterocycles. The van der Waals surface area contributed by atoms with Crippen molar-refractivity contribution in [2.24, 2.45) is 5.92 Å². The SMILES string of the molecule is CC(Oc1ccccc1)(c1cccs1)C1CCCCC1. The Labute approximate surface area is 125 Å². The van der Waals surface area contributed by atoms with Crippen LogP contribution in [-0.4, -0.2) is 0 Å². The molecule has 1 nitrogen and oxygen atoms in total. The lowest BCUT2D eigenvalue weighted by Gasteiger charge is -2.39. The van der Waals surface area contributed by atoms with Gasteiger partial charge in [0.15, 0.2) is 0 Å². The van der Waals surface area contributed by atoms with E-state index in [0.717, 1.165) is 5.75 Å². The fourth-order valence-electron chi connectivity index (χ4n) is 3.28. The third-order valence-corrected chi connectivity index (χ3v) is 5.56. The van der Waals surface area contributed by atoms with Crippen LogP contribution in [0.2, 0.25) is 0 Å². The van der Waals surface area contributed by atoms with Crippen LogP contribution in [0.4, 0.5) is 0 Å². The van der Waals surface area contributed by atoms with Crippen molar-refractivity contribution in [3.8, 4) is 5.75 Å². The molecule has 2 aromatic rings. The van der Waals surface area contributed by atoms with Gasteiger partial charge in [0.25, 0.3) is 0 Å². The van der Waals surface area contributed by atoms with Crippen LogP contribution in [0.5, 0.6) is 5.75 Å². The van der Waals surface area contributed by atoms with Gasteiger partial charge in [-0.2, -0.15) is 0 Å². The molecule has 0 aliphatic heterocycles. The zero-order valence-corrected chi connectivity index (χ0v) is 12.9. The molecule has 1 fully saturated rings. The first-order chi connectivity index (χ1) is 9.79. The maximum absolute atomic E-state index is 6.50. The van der Waals surface area contributed by atoms with Crippen molar-refractivity contribution in [2.75, 3.05) is 0 Å². The van der Waals surface area contributed by atoms with E-state index in [0.29, 0.717) is 5.92 Å². The fourth-order valence-corrected chi connectivity index (χ4v) is 4.19. The lowest BCUT2D eigenvalue weighted by Crippen LogP contribution is -2.38. The molecule has 0 bridgehead atoms. The second-order valence-electron chi connectivity index (χ2n) is 5.83. The van der Waals surface area contributed by atoms with Crippen LogP contribution in [0.25, 0.3) is 0 Å². The smallest absolute Gasteiger partial charge is 0.143 e. The van der Waals surface area contributed by atoms with E-state index in [1.807, 2.05) is 29.5 Å². The summed E-state index contributed by atoms with van der Waals surface area (Å²) < 4.78 is 6.50. The van der Waals surface area contributed by atoms with Crippen molar-refractivity contribution in [3.05, 3.63) is 52.7 Å². The molecule has 106 valence electrons. The summed E-state index contributed by atoms with van der Waals surface area (Å²) in [6.07, 6.45) is 6.61. The molecule has 2 heteroatoms. The van der Waals surface area contributed by atoms with Crippen LogP contribution < -0.4 is 4.74 Å². The summed E-state index contributed by atoms with van der Waals surface area (Å²) in [4.78, 5) is 1.35. The molecule has 1 unspecified atom stereocenters. The molecule has 1 aromatic carbocycles. The molecule has 20 heavy (non-hydrogen) atoms. The Kier molecular flexibility index (Phi) is 4.11. The summed E-state index contributed by atoms with van der Waals surface area (Å²) in [5, 5.41) is 2.16. The van der Waals surface area contributed by atoms with Gasteiger partial charge in [0.1, 0.15) is 11.4 Å². The number of rotatable bonds is 4. The molecule has 0 radical (unpaired) electrons. The number of benzene rings is 1. The third-order valence-electron chi connectivity index (χ3n) is 4.47. The molecule has 1 aliphatic carbocycles. The van der Waals surface area contributed by atoms with E-state index in [1.165, 1.54) is 37.0 Å². The molecular formula is C18H22OS. The van der Waals surface area contributed by atoms with Gasteiger partial charge in [-0.1, -0.05) is 43.5 Å². The maximum atomic E-state index is 6.50. The van der Waals surface area contributed by atoms with Crippen molar-refractivity contribution >= 4 is 11.3 Å². The second kappa shape index (κ2) is 6.01. The van der Waals surface area contributed by atoms with Crippen LogP contribution in [0, 0.1) is 5.92 Å².